The first kappa shape index (κ1) is 16.7. The molecule has 0 saturated carbocycles. The van der Waals surface area contributed by atoms with Crippen molar-refractivity contribution in [3.05, 3.63) is 64.7 Å². The third-order valence-corrected chi connectivity index (χ3v) is 5.80. The molecule has 1 fully saturated rings. The molecule has 0 N–H and O–H groups in total. The number of rotatable bonds is 4. The number of hydrogen-bond acceptors (Lipinski definition) is 5. The topological polar surface area (TPSA) is 59.3 Å². The molecule has 132 valence electrons. The fraction of sp³-hybridized carbons (Fsp3) is 0.250. The second-order valence-corrected chi connectivity index (χ2v) is 7.37. The van der Waals surface area contributed by atoms with Crippen molar-refractivity contribution in [3.8, 4) is 21.7 Å². The fourth-order valence-corrected chi connectivity index (χ4v) is 4.40. The van der Waals surface area contributed by atoms with Crippen molar-refractivity contribution >= 4 is 22.2 Å². The Balaban J connectivity index is 1.78. The lowest BCUT2D eigenvalue weighted by molar-refractivity contribution is -0.384. The first-order valence-electron chi connectivity index (χ1n) is 8.78. The van der Waals surface area contributed by atoms with E-state index < -0.39 is 0 Å². The van der Waals surface area contributed by atoms with Crippen LogP contribution in [0, 0.1) is 10.1 Å². The molecule has 0 aliphatic carbocycles. The normalized spacial score (nSPS) is 14.4. The molecule has 1 aliphatic rings. The summed E-state index contributed by atoms with van der Waals surface area (Å²) in [5.41, 5.74) is 3.09. The molecule has 0 unspecified atom stereocenters. The maximum Gasteiger partial charge on any atom is 0.269 e. The minimum absolute atomic E-state index is 0.107. The maximum absolute atomic E-state index is 10.9. The van der Waals surface area contributed by atoms with E-state index in [0.29, 0.717) is 0 Å². The Bertz CT molecular complexity index is 901. The number of piperidine rings is 1. The van der Waals surface area contributed by atoms with Crippen LogP contribution in [0.2, 0.25) is 0 Å². The molecule has 6 heteroatoms. The first-order valence-corrected chi connectivity index (χ1v) is 9.60. The van der Waals surface area contributed by atoms with E-state index in [2.05, 4.69) is 17.0 Å². The Morgan fingerprint density at radius 3 is 2.27 bits per heavy atom. The molecule has 0 atom stereocenters. The van der Waals surface area contributed by atoms with Crippen LogP contribution in [0.15, 0.2) is 54.6 Å². The highest BCUT2D eigenvalue weighted by Crippen LogP contribution is 2.41. The number of nitro groups is 1. The molecule has 2 aromatic carbocycles. The highest BCUT2D eigenvalue weighted by molar-refractivity contribution is 7.19. The molecule has 2 heterocycles. The average molecular weight is 365 g/mol. The van der Waals surface area contributed by atoms with Crippen LogP contribution < -0.4 is 4.90 Å². The van der Waals surface area contributed by atoms with Gasteiger partial charge >= 0.3 is 0 Å². The van der Waals surface area contributed by atoms with Crippen LogP contribution >= 0.6 is 11.3 Å². The van der Waals surface area contributed by atoms with Crippen molar-refractivity contribution in [2.24, 2.45) is 0 Å². The molecule has 26 heavy (non-hydrogen) atoms. The number of nitro benzene ring substituents is 1. The Kier molecular flexibility index (Phi) is 4.67. The first-order chi connectivity index (χ1) is 12.7. The molecule has 5 nitrogen and oxygen atoms in total. The van der Waals surface area contributed by atoms with Crippen LogP contribution in [0.25, 0.3) is 21.7 Å². The van der Waals surface area contributed by atoms with Gasteiger partial charge in [0.15, 0.2) is 5.13 Å². The fourth-order valence-electron chi connectivity index (χ4n) is 3.25. The summed E-state index contributed by atoms with van der Waals surface area (Å²) in [6, 6.07) is 16.9. The van der Waals surface area contributed by atoms with Crippen molar-refractivity contribution in [1.29, 1.82) is 0 Å². The van der Waals surface area contributed by atoms with Gasteiger partial charge in [-0.05, 0) is 37.0 Å². The lowest BCUT2D eigenvalue weighted by Gasteiger charge is -2.25. The van der Waals surface area contributed by atoms with E-state index in [4.69, 9.17) is 4.98 Å². The third-order valence-electron chi connectivity index (χ3n) is 4.63. The number of nitrogens with zero attached hydrogens (tertiary/aromatic N) is 3. The SMILES string of the molecule is O=[N+]([O-])c1ccc(-c2sc(N3CCCCC3)nc2-c2ccccc2)cc1. The maximum atomic E-state index is 10.9. The number of thiazole rings is 1. The monoisotopic (exact) mass is 365 g/mol. The lowest BCUT2D eigenvalue weighted by atomic mass is 10.1. The van der Waals surface area contributed by atoms with Gasteiger partial charge in [-0.15, -0.1) is 0 Å². The van der Waals surface area contributed by atoms with E-state index in [0.717, 1.165) is 39.9 Å². The van der Waals surface area contributed by atoms with Crippen LogP contribution in [0.3, 0.4) is 0 Å². The van der Waals surface area contributed by atoms with E-state index in [1.54, 1.807) is 23.5 Å². The van der Waals surface area contributed by atoms with E-state index in [1.807, 2.05) is 30.3 Å². The minimum Gasteiger partial charge on any atom is -0.348 e. The van der Waals surface area contributed by atoms with Crippen molar-refractivity contribution in [1.82, 2.24) is 4.98 Å². The van der Waals surface area contributed by atoms with Gasteiger partial charge in [-0.3, -0.25) is 10.1 Å². The number of non-ortho nitro benzene ring substituents is 1. The van der Waals surface area contributed by atoms with Crippen molar-refractivity contribution in [3.63, 3.8) is 0 Å². The Morgan fingerprint density at radius 2 is 1.62 bits per heavy atom. The summed E-state index contributed by atoms with van der Waals surface area (Å²) in [5, 5.41) is 12.0. The van der Waals surface area contributed by atoms with Crippen molar-refractivity contribution in [2.45, 2.75) is 19.3 Å². The third kappa shape index (κ3) is 3.32. The number of hydrogen-bond donors (Lipinski definition) is 0. The Hall–Kier alpha value is -2.73. The highest BCUT2D eigenvalue weighted by Gasteiger charge is 2.20. The largest absolute Gasteiger partial charge is 0.348 e. The second kappa shape index (κ2) is 7.25. The van der Waals surface area contributed by atoms with Gasteiger partial charge in [0.1, 0.15) is 0 Å². The smallest absolute Gasteiger partial charge is 0.269 e. The molecule has 3 aromatic rings. The standard InChI is InChI=1S/C20H19N3O2S/c24-23(25)17-11-9-16(10-12-17)19-18(15-7-3-1-4-8-15)21-20(26-19)22-13-5-2-6-14-22/h1,3-4,7-12H,2,5-6,13-14H2. The zero-order valence-electron chi connectivity index (χ0n) is 14.3. The molecule has 1 aromatic heterocycles. The molecular weight excluding hydrogens is 346 g/mol. The van der Waals surface area contributed by atoms with Crippen LogP contribution in [0.4, 0.5) is 10.8 Å². The zero-order chi connectivity index (χ0) is 17.9. The van der Waals surface area contributed by atoms with Crippen LogP contribution in [-0.2, 0) is 0 Å². The summed E-state index contributed by atoms with van der Waals surface area (Å²) in [6.45, 7) is 2.09. The summed E-state index contributed by atoms with van der Waals surface area (Å²) in [4.78, 5) is 18.9. The lowest BCUT2D eigenvalue weighted by Crippen LogP contribution is -2.29. The second-order valence-electron chi connectivity index (χ2n) is 6.39. The molecule has 0 amide bonds. The number of aromatic nitrogens is 1. The minimum atomic E-state index is -0.367. The van der Waals surface area contributed by atoms with Gasteiger partial charge in [0.2, 0.25) is 0 Å². The number of anilines is 1. The van der Waals surface area contributed by atoms with E-state index >= 15 is 0 Å². The zero-order valence-corrected chi connectivity index (χ0v) is 15.1. The van der Waals surface area contributed by atoms with Gasteiger partial charge in [0.05, 0.1) is 15.5 Å². The summed E-state index contributed by atoms with van der Waals surface area (Å²) >= 11 is 1.67. The predicted molar refractivity (Wildman–Crippen MR) is 106 cm³/mol. The molecular formula is C20H19N3O2S. The van der Waals surface area contributed by atoms with Crippen LogP contribution in [0.5, 0.6) is 0 Å². The molecule has 1 saturated heterocycles. The Labute approximate surface area is 156 Å². The van der Waals surface area contributed by atoms with Gasteiger partial charge < -0.3 is 4.90 Å². The number of benzene rings is 2. The molecule has 4 rings (SSSR count). The van der Waals surface area contributed by atoms with Gasteiger partial charge in [-0.1, -0.05) is 41.7 Å². The summed E-state index contributed by atoms with van der Waals surface area (Å²) in [6.07, 6.45) is 3.68. The molecule has 1 aliphatic heterocycles. The van der Waals surface area contributed by atoms with E-state index in [9.17, 15) is 10.1 Å². The molecule has 0 bridgehead atoms. The van der Waals surface area contributed by atoms with E-state index in [1.165, 1.54) is 19.3 Å². The van der Waals surface area contributed by atoms with Gasteiger partial charge in [-0.25, -0.2) is 4.98 Å². The van der Waals surface area contributed by atoms with Gasteiger partial charge in [0.25, 0.3) is 5.69 Å². The summed E-state index contributed by atoms with van der Waals surface area (Å²) < 4.78 is 0. The van der Waals surface area contributed by atoms with Crippen molar-refractivity contribution in [2.75, 3.05) is 18.0 Å². The molecule has 0 radical (unpaired) electrons. The van der Waals surface area contributed by atoms with Gasteiger partial charge in [0, 0.05) is 30.8 Å². The van der Waals surface area contributed by atoms with Crippen molar-refractivity contribution < 1.29 is 4.92 Å². The summed E-state index contributed by atoms with van der Waals surface area (Å²) in [7, 11) is 0. The average Bonchev–Trinajstić information content (AvgIpc) is 3.15. The van der Waals surface area contributed by atoms with E-state index in [-0.39, 0.29) is 10.6 Å². The van der Waals surface area contributed by atoms with Crippen LogP contribution in [-0.4, -0.2) is 23.0 Å². The quantitative estimate of drug-likeness (QED) is 0.460. The summed E-state index contributed by atoms with van der Waals surface area (Å²) in [5.74, 6) is 0. The predicted octanol–water partition coefficient (Wildman–Crippen LogP) is 5.38. The molecule has 0 spiro atoms. The Morgan fingerprint density at radius 1 is 0.923 bits per heavy atom. The highest BCUT2D eigenvalue weighted by atomic mass is 32.1. The van der Waals surface area contributed by atoms with Gasteiger partial charge in [-0.2, -0.15) is 0 Å². The van der Waals surface area contributed by atoms with Crippen LogP contribution in [0.1, 0.15) is 19.3 Å².